The quantitative estimate of drug-likeness (QED) is 0.638. The van der Waals surface area contributed by atoms with Crippen LogP contribution < -0.4 is 10.0 Å². The number of benzene rings is 3. The number of carbonyl (C=O) groups is 1. The lowest BCUT2D eigenvalue weighted by Crippen LogP contribution is -2.23. The van der Waals surface area contributed by atoms with Crippen LogP contribution in [0.5, 0.6) is 0 Å². The minimum absolute atomic E-state index is 0.170. The normalized spacial score (nSPS) is 11.1. The van der Waals surface area contributed by atoms with Crippen molar-refractivity contribution in [3.63, 3.8) is 0 Å². The lowest BCUT2D eigenvalue weighted by atomic mass is 10.1. The molecule has 5 nitrogen and oxygen atoms in total. The van der Waals surface area contributed by atoms with Gasteiger partial charge in [-0.2, -0.15) is 0 Å². The fraction of sp³-hybridized carbons (Fsp3) is 0.136. The molecule has 7 heteroatoms. The Morgan fingerprint density at radius 2 is 1.59 bits per heavy atom. The zero-order valence-corrected chi connectivity index (χ0v) is 16.9. The molecule has 0 aliphatic carbocycles. The number of nitrogens with one attached hydrogen (secondary N) is 2. The maximum absolute atomic E-state index is 12.9. The number of amides is 1. The van der Waals surface area contributed by atoms with Crippen molar-refractivity contribution in [2.75, 3.05) is 4.72 Å². The van der Waals surface area contributed by atoms with E-state index in [0.717, 1.165) is 11.1 Å². The van der Waals surface area contributed by atoms with Gasteiger partial charge in [0.05, 0.1) is 10.6 Å². The highest BCUT2D eigenvalue weighted by Crippen LogP contribution is 2.21. The van der Waals surface area contributed by atoms with Crippen LogP contribution in [0.1, 0.15) is 27.0 Å². The molecule has 29 heavy (non-hydrogen) atoms. The van der Waals surface area contributed by atoms with E-state index in [1.54, 1.807) is 61.5 Å². The van der Waals surface area contributed by atoms with Crippen LogP contribution in [0.15, 0.2) is 71.6 Å². The lowest BCUT2D eigenvalue weighted by molar-refractivity contribution is 0.0951. The molecule has 0 aromatic heterocycles. The highest BCUT2D eigenvalue weighted by atomic mass is 32.2. The van der Waals surface area contributed by atoms with Crippen molar-refractivity contribution in [3.05, 3.63) is 94.8 Å². The molecule has 0 saturated heterocycles. The minimum Gasteiger partial charge on any atom is -0.348 e. The summed E-state index contributed by atoms with van der Waals surface area (Å²) in [5.74, 6) is -0.634. The fourth-order valence-electron chi connectivity index (χ4n) is 2.73. The summed E-state index contributed by atoms with van der Waals surface area (Å²) < 4.78 is 40.6. The van der Waals surface area contributed by atoms with Crippen LogP contribution in [-0.4, -0.2) is 14.3 Å². The molecule has 3 aromatic rings. The molecule has 0 fully saturated rings. The Bertz CT molecular complexity index is 1130. The van der Waals surface area contributed by atoms with Crippen molar-refractivity contribution in [2.24, 2.45) is 0 Å². The van der Waals surface area contributed by atoms with Crippen LogP contribution in [-0.2, 0) is 16.6 Å². The number of anilines is 1. The maximum atomic E-state index is 12.9. The van der Waals surface area contributed by atoms with Crippen LogP contribution in [0.3, 0.4) is 0 Å². The Labute approximate surface area is 169 Å². The van der Waals surface area contributed by atoms with Gasteiger partial charge in [0.1, 0.15) is 5.82 Å². The Kier molecular flexibility index (Phi) is 5.98. The monoisotopic (exact) mass is 412 g/mol. The highest BCUT2D eigenvalue weighted by Gasteiger charge is 2.16. The first-order chi connectivity index (χ1) is 13.7. The molecule has 3 rings (SSSR count). The summed E-state index contributed by atoms with van der Waals surface area (Å²) in [5, 5.41) is 2.76. The largest absolute Gasteiger partial charge is 0.348 e. The number of carbonyl (C=O) groups excluding carboxylic acids is 1. The van der Waals surface area contributed by atoms with Gasteiger partial charge in [-0.1, -0.05) is 29.8 Å². The molecule has 150 valence electrons. The van der Waals surface area contributed by atoms with E-state index < -0.39 is 10.0 Å². The molecule has 3 aromatic carbocycles. The van der Waals surface area contributed by atoms with Gasteiger partial charge in [-0.15, -0.1) is 0 Å². The molecule has 0 atom stereocenters. The Hall–Kier alpha value is -3.19. The topological polar surface area (TPSA) is 75.3 Å². The summed E-state index contributed by atoms with van der Waals surface area (Å²) in [7, 11) is -3.72. The van der Waals surface area contributed by atoms with Crippen molar-refractivity contribution in [1.82, 2.24) is 5.32 Å². The molecule has 0 spiro atoms. The van der Waals surface area contributed by atoms with Gasteiger partial charge in [0.2, 0.25) is 0 Å². The molecule has 1 amide bonds. The van der Waals surface area contributed by atoms with E-state index >= 15 is 0 Å². The van der Waals surface area contributed by atoms with Gasteiger partial charge in [0.15, 0.2) is 0 Å². The molecule has 0 radical (unpaired) electrons. The van der Waals surface area contributed by atoms with E-state index in [1.807, 2.05) is 6.92 Å². The van der Waals surface area contributed by atoms with Crippen molar-refractivity contribution >= 4 is 21.6 Å². The summed E-state index contributed by atoms with van der Waals surface area (Å²) in [6.07, 6.45) is 0. The number of sulfonamides is 1. The van der Waals surface area contributed by atoms with E-state index in [4.69, 9.17) is 0 Å². The number of halogens is 1. The SMILES string of the molecule is Cc1ccc(S(=O)(=O)Nc2ccc(C(=O)NCc3ccc(F)cc3)cc2C)cc1. The van der Waals surface area contributed by atoms with E-state index in [9.17, 15) is 17.6 Å². The molecule has 0 aliphatic rings. The van der Waals surface area contributed by atoms with Gasteiger partial charge in [-0.05, 0) is 67.4 Å². The predicted molar refractivity (Wildman–Crippen MR) is 111 cm³/mol. The van der Waals surface area contributed by atoms with Crippen LogP contribution in [0.4, 0.5) is 10.1 Å². The molecule has 0 unspecified atom stereocenters. The van der Waals surface area contributed by atoms with Crippen LogP contribution >= 0.6 is 0 Å². The average Bonchev–Trinajstić information content (AvgIpc) is 2.69. The molecular weight excluding hydrogens is 391 g/mol. The summed E-state index contributed by atoms with van der Waals surface area (Å²) in [4.78, 5) is 12.5. The van der Waals surface area contributed by atoms with Gasteiger partial charge in [-0.3, -0.25) is 9.52 Å². The highest BCUT2D eigenvalue weighted by molar-refractivity contribution is 7.92. The number of hydrogen-bond acceptors (Lipinski definition) is 3. The zero-order valence-electron chi connectivity index (χ0n) is 16.1. The van der Waals surface area contributed by atoms with Gasteiger partial charge in [-0.25, -0.2) is 12.8 Å². The molecular formula is C22H21FN2O3S. The second-order valence-electron chi connectivity index (χ2n) is 6.76. The van der Waals surface area contributed by atoms with Crippen molar-refractivity contribution in [3.8, 4) is 0 Å². The van der Waals surface area contributed by atoms with Gasteiger partial charge < -0.3 is 5.32 Å². The molecule has 0 saturated carbocycles. The summed E-state index contributed by atoms with van der Waals surface area (Å²) >= 11 is 0. The third-order valence-electron chi connectivity index (χ3n) is 4.43. The summed E-state index contributed by atoms with van der Waals surface area (Å²) in [5.41, 5.74) is 3.17. The van der Waals surface area contributed by atoms with Gasteiger partial charge in [0, 0.05) is 12.1 Å². The first-order valence-corrected chi connectivity index (χ1v) is 10.5. The van der Waals surface area contributed by atoms with E-state index in [2.05, 4.69) is 10.0 Å². The Morgan fingerprint density at radius 3 is 2.21 bits per heavy atom. The van der Waals surface area contributed by atoms with Crippen LogP contribution in [0.2, 0.25) is 0 Å². The summed E-state index contributed by atoms with van der Waals surface area (Å²) in [6, 6.07) is 17.2. The Morgan fingerprint density at radius 1 is 0.931 bits per heavy atom. The molecule has 0 heterocycles. The van der Waals surface area contributed by atoms with Crippen molar-refractivity contribution < 1.29 is 17.6 Å². The molecule has 0 bridgehead atoms. The lowest BCUT2D eigenvalue weighted by Gasteiger charge is -2.12. The molecule has 0 aliphatic heterocycles. The average molecular weight is 412 g/mol. The van der Waals surface area contributed by atoms with Crippen molar-refractivity contribution in [1.29, 1.82) is 0 Å². The van der Waals surface area contributed by atoms with Crippen LogP contribution in [0.25, 0.3) is 0 Å². The summed E-state index contributed by atoms with van der Waals surface area (Å²) in [6.45, 7) is 3.87. The number of rotatable bonds is 6. The van der Waals surface area contributed by atoms with E-state index in [1.165, 1.54) is 12.1 Å². The first kappa shape index (κ1) is 20.5. The second-order valence-corrected chi connectivity index (χ2v) is 8.44. The minimum atomic E-state index is -3.72. The number of hydrogen-bond donors (Lipinski definition) is 2. The van der Waals surface area contributed by atoms with Gasteiger partial charge >= 0.3 is 0 Å². The van der Waals surface area contributed by atoms with Crippen molar-refractivity contribution in [2.45, 2.75) is 25.3 Å². The third kappa shape index (κ3) is 5.20. The van der Waals surface area contributed by atoms with E-state index in [0.29, 0.717) is 16.8 Å². The Balaban J connectivity index is 1.70. The van der Waals surface area contributed by atoms with E-state index in [-0.39, 0.29) is 23.2 Å². The number of aryl methyl sites for hydroxylation is 2. The molecule has 2 N–H and O–H groups in total. The van der Waals surface area contributed by atoms with Crippen LogP contribution in [0, 0.1) is 19.7 Å². The second kappa shape index (κ2) is 8.45. The fourth-order valence-corrected chi connectivity index (χ4v) is 3.86. The maximum Gasteiger partial charge on any atom is 0.261 e. The zero-order chi connectivity index (χ0) is 21.0. The predicted octanol–water partition coefficient (Wildman–Crippen LogP) is 4.17. The first-order valence-electron chi connectivity index (χ1n) is 8.97. The smallest absolute Gasteiger partial charge is 0.261 e. The van der Waals surface area contributed by atoms with Gasteiger partial charge in [0.25, 0.3) is 15.9 Å². The third-order valence-corrected chi connectivity index (χ3v) is 5.81. The standard InChI is InChI=1S/C22H21FN2O3S/c1-15-3-10-20(11-4-15)29(27,28)25-21-12-7-18(13-16(21)2)22(26)24-14-17-5-8-19(23)9-6-17/h3-13,25H,14H2,1-2H3,(H,24,26).